The zero-order valence-electron chi connectivity index (χ0n) is 21.3. The number of hydrogen-bond donors (Lipinski definition) is 0. The summed E-state index contributed by atoms with van der Waals surface area (Å²) in [5.41, 5.74) is 1.55. The summed E-state index contributed by atoms with van der Waals surface area (Å²) in [4.78, 5) is 0. The minimum absolute atomic E-state index is 0.777. The summed E-state index contributed by atoms with van der Waals surface area (Å²) >= 11 is 3.65. The van der Waals surface area contributed by atoms with Gasteiger partial charge in [0.1, 0.15) is 0 Å². The Morgan fingerprint density at radius 1 is 0.600 bits per heavy atom. The van der Waals surface area contributed by atoms with E-state index in [2.05, 4.69) is 55.9 Å². The first-order valence-corrected chi connectivity index (χ1v) is 21.4. The molecule has 1 aliphatic rings. The van der Waals surface area contributed by atoms with E-state index >= 15 is 0 Å². The van der Waals surface area contributed by atoms with Crippen molar-refractivity contribution >= 4 is 62.4 Å². The van der Waals surface area contributed by atoms with E-state index in [1.54, 1.807) is 0 Å². The Labute approximate surface area is 233 Å². The first-order chi connectivity index (χ1) is 17.0. The van der Waals surface area contributed by atoms with E-state index in [4.69, 9.17) is 6.15 Å². The van der Waals surface area contributed by atoms with Crippen molar-refractivity contribution in [3.8, 4) is 11.5 Å². The number of rotatable bonds is 14. The predicted molar refractivity (Wildman–Crippen MR) is 156 cm³/mol. The zero-order chi connectivity index (χ0) is 24.9. The average Bonchev–Trinajstić information content (AvgIpc) is 2.89. The van der Waals surface area contributed by atoms with Gasteiger partial charge < -0.3 is 0 Å². The van der Waals surface area contributed by atoms with Gasteiger partial charge in [-0.2, -0.15) is 0 Å². The molecule has 0 aliphatic carbocycles. The van der Waals surface area contributed by atoms with Crippen molar-refractivity contribution in [3.05, 3.63) is 45.3 Å². The molecule has 0 N–H and O–H groups in total. The van der Waals surface area contributed by atoms with E-state index in [1.807, 2.05) is 36.4 Å². The van der Waals surface area contributed by atoms with Crippen molar-refractivity contribution in [2.24, 2.45) is 10.2 Å². The molecule has 1 aliphatic heterocycles. The van der Waals surface area contributed by atoms with Crippen LogP contribution < -0.4 is 6.15 Å². The molecular weight excluding hydrogens is 675 g/mol. The van der Waals surface area contributed by atoms with Crippen LogP contribution in [0.2, 0.25) is 8.87 Å². The van der Waals surface area contributed by atoms with E-state index in [0.29, 0.717) is 0 Å². The molecule has 3 rings (SSSR count). The van der Waals surface area contributed by atoms with Crippen LogP contribution in [0.4, 0.5) is 11.4 Å². The van der Waals surface area contributed by atoms with Gasteiger partial charge in [-0.1, -0.05) is 0 Å². The molecule has 0 unspecified atom stereocenters. The Morgan fingerprint density at radius 3 is 1.43 bits per heavy atom. The van der Waals surface area contributed by atoms with Crippen LogP contribution in [0.3, 0.4) is 0 Å². The molecule has 35 heavy (non-hydrogen) atoms. The third-order valence-electron chi connectivity index (χ3n) is 6.52. The minimum atomic E-state index is -3.61. The van der Waals surface area contributed by atoms with Crippen LogP contribution in [0.5, 0.6) is 11.5 Å². The quantitative estimate of drug-likeness (QED) is 0.144. The molecule has 192 valence electrons. The Hall–Kier alpha value is -0.601. The summed E-state index contributed by atoms with van der Waals surface area (Å²) in [7, 11) is 0. The van der Waals surface area contributed by atoms with Crippen LogP contribution in [-0.2, 0) is 0 Å². The Morgan fingerprint density at radius 2 is 1.00 bits per heavy atom. The molecule has 0 radical (unpaired) electrons. The molecule has 4 nitrogen and oxygen atoms in total. The van der Waals surface area contributed by atoms with Crippen LogP contribution in [0.25, 0.3) is 0 Å². The van der Waals surface area contributed by atoms with Gasteiger partial charge in [-0.25, -0.2) is 0 Å². The molecule has 2 aromatic rings. The van der Waals surface area contributed by atoms with Crippen molar-refractivity contribution in [1.29, 1.82) is 0 Å². The second kappa shape index (κ2) is 15.6. The number of azo groups is 1. The Kier molecular flexibility index (Phi) is 12.9. The van der Waals surface area contributed by atoms with Crippen molar-refractivity contribution in [3.63, 3.8) is 0 Å². The van der Waals surface area contributed by atoms with Crippen LogP contribution in [0.1, 0.15) is 90.9 Å². The second-order valence-electron chi connectivity index (χ2n) is 9.57. The molecule has 0 aromatic heterocycles. The second-order valence-corrected chi connectivity index (χ2v) is 20.6. The van der Waals surface area contributed by atoms with Gasteiger partial charge in [-0.15, -0.1) is 0 Å². The van der Waals surface area contributed by atoms with E-state index in [-0.39, 0.29) is 0 Å². The molecule has 0 bridgehead atoms. The molecule has 7 heteroatoms. The van der Waals surface area contributed by atoms with Gasteiger partial charge in [0.25, 0.3) is 0 Å². The fourth-order valence-corrected chi connectivity index (χ4v) is 14.9. The first kappa shape index (κ1) is 29.0. The number of fused-ring (bicyclic) bond motifs is 2. The SMILES string of the molecule is CCCCCCC[CH2][Sn]1([CH2]CCCCCCC)[O]c2cc(Br)ccc2N=Nc2ccc(Br)cc2[O]1. The molecule has 0 atom stereocenters. The van der Waals surface area contributed by atoms with Gasteiger partial charge in [-0.05, 0) is 0 Å². The van der Waals surface area contributed by atoms with Crippen LogP contribution in [0.15, 0.2) is 55.6 Å². The summed E-state index contributed by atoms with van der Waals surface area (Å²) in [5, 5.41) is 9.12. The topological polar surface area (TPSA) is 43.2 Å². The number of benzene rings is 2. The number of unbranched alkanes of at least 4 members (excludes halogenated alkanes) is 10. The number of nitrogens with zero attached hydrogens (tertiary/aromatic N) is 2. The number of halogens is 2. The summed E-state index contributed by atoms with van der Waals surface area (Å²) in [6, 6.07) is 12.1. The summed E-state index contributed by atoms with van der Waals surface area (Å²) in [6.07, 6.45) is 15.2. The number of hydrogen-bond acceptors (Lipinski definition) is 4. The van der Waals surface area contributed by atoms with Crippen LogP contribution in [-0.4, -0.2) is 19.2 Å². The molecule has 2 aromatic carbocycles. The van der Waals surface area contributed by atoms with E-state index < -0.39 is 19.2 Å². The molecule has 0 spiro atoms. The van der Waals surface area contributed by atoms with Crippen LogP contribution in [0, 0.1) is 0 Å². The van der Waals surface area contributed by atoms with Gasteiger partial charge in [0.15, 0.2) is 0 Å². The summed E-state index contributed by atoms with van der Waals surface area (Å²) < 4.78 is 18.1. The normalized spacial score (nSPS) is 14.2. The summed E-state index contributed by atoms with van der Waals surface area (Å²) in [6.45, 7) is 4.54. The van der Waals surface area contributed by atoms with Gasteiger partial charge in [0.05, 0.1) is 0 Å². The molecule has 0 fully saturated rings. The fourth-order valence-electron chi connectivity index (χ4n) is 4.51. The Bertz CT molecular complexity index is 879. The molecular formula is C28H40Br2N2O2Sn. The third kappa shape index (κ3) is 9.65. The van der Waals surface area contributed by atoms with E-state index in [1.165, 1.54) is 64.2 Å². The predicted octanol–water partition coefficient (Wildman–Crippen LogP) is 11.6. The van der Waals surface area contributed by atoms with Crippen LogP contribution >= 0.6 is 31.9 Å². The standard InChI is InChI=1S/C12H8Br2N2O2.2C8H17.Sn/c13-7-1-3-9(11(17)5-7)15-16-10-4-2-8(14)6-12(10)18;2*1-3-5-7-8-6-4-2;/h1-6,17-18H;2*1,3-8H2,2H3;/q;;;+2/p-2. The fraction of sp³-hybridized carbons (Fsp3) is 0.571. The molecule has 1 heterocycles. The third-order valence-corrected chi connectivity index (χ3v) is 17.3. The van der Waals surface area contributed by atoms with E-state index in [0.717, 1.165) is 53.5 Å². The van der Waals surface area contributed by atoms with Gasteiger partial charge in [0, 0.05) is 0 Å². The average molecular weight is 715 g/mol. The maximum atomic E-state index is 7.03. The van der Waals surface area contributed by atoms with Gasteiger partial charge >= 0.3 is 235 Å². The first-order valence-electron chi connectivity index (χ1n) is 13.4. The van der Waals surface area contributed by atoms with Gasteiger partial charge in [-0.3, -0.25) is 0 Å². The molecule has 0 saturated heterocycles. The van der Waals surface area contributed by atoms with Crippen molar-refractivity contribution in [2.45, 2.75) is 99.8 Å². The molecule has 0 amide bonds. The van der Waals surface area contributed by atoms with Crippen molar-refractivity contribution in [1.82, 2.24) is 0 Å². The zero-order valence-corrected chi connectivity index (χ0v) is 27.4. The van der Waals surface area contributed by atoms with Gasteiger partial charge in [0.2, 0.25) is 0 Å². The summed E-state index contributed by atoms with van der Waals surface area (Å²) in [5.74, 6) is 1.62. The van der Waals surface area contributed by atoms with Crippen molar-refractivity contribution < 1.29 is 6.15 Å². The van der Waals surface area contributed by atoms with Crippen molar-refractivity contribution in [2.75, 3.05) is 0 Å². The monoisotopic (exact) mass is 714 g/mol. The molecule has 0 saturated carbocycles. The van der Waals surface area contributed by atoms with E-state index in [9.17, 15) is 0 Å². The maximum absolute atomic E-state index is 7.03. The Balaban J connectivity index is 1.89.